The highest BCUT2D eigenvalue weighted by molar-refractivity contribution is 6.32. The topological polar surface area (TPSA) is 178 Å². The van der Waals surface area contributed by atoms with E-state index in [1.54, 1.807) is 24.3 Å². The summed E-state index contributed by atoms with van der Waals surface area (Å²) in [5.41, 5.74) is 2.18. The third-order valence-corrected chi connectivity index (χ3v) is 6.09. The molecular weight excluding hydrogens is 576 g/mol. The van der Waals surface area contributed by atoms with Crippen LogP contribution in [-0.4, -0.2) is 81.8 Å². The molecule has 42 heavy (non-hydrogen) atoms. The van der Waals surface area contributed by atoms with Crippen LogP contribution in [0.1, 0.15) is 33.1 Å². The zero-order valence-electron chi connectivity index (χ0n) is 25.8. The SMILES string of the molecule is [2H]CC(=O)OC[C@H]1OC(Oc2ccc(-c3ccc(-c4nn[nH]n4)cc3)cc2Cl)[C@@H](OC(=O)C[2H])[C@@H](OC(=O)C[2H])[C@@H]1OC(=O)C[2H]. The Labute approximate surface area is 250 Å². The Morgan fingerprint density at radius 3 is 2.10 bits per heavy atom. The van der Waals surface area contributed by atoms with Gasteiger partial charge in [0.1, 0.15) is 18.5 Å². The van der Waals surface area contributed by atoms with Gasteiger partial charge in [0.25, 0.3) is 0 Å². The first-order chi connectivity index (χ1) is 22.2. The fraction of sp³-hybridized carbons (Fsp3) is 0.370. The second kappa shape index (κ2) is 13.4. The maximum Gasteiger partial charge on any atom is 0.303 e. The lowest BCUT2D eigenvalue weighted by molar-refractivity contribution is -0.288. The molecule has 0 radical (unpaired) electrons. The van der Waals surface area contributed by atoms with Gasteiger partial charge in [-0.2, -0.15) is 5.21 Å². The molecule has 1 aliphatic heterocycles. The Hall–Kier alpha value is -4.56. The summed E-state index contributed by atoms with van der Waals surface area (Å²) in [5.74, 6) is -3.83. The van der Waals surface area contributed by atoms with Crippen molar-refractivity contribution in [1.29, 1.82) is 0 Å². The molecule has 0 aliphatic carbocycles. The second-order valence-corrected chi connectivity index (χ2v) is 9.07. The molecule has 4 rings (SSSR count). The second-order valence-electron chi connectivity index (χ2n) is 8.67. The van der Waals surface area contributed by atoms with Gasteiger partial charge >= 0.3 is 23.9 Å². The summed E-state index contributed by atoms with van der Waals surface area (Å²) in [6.07, 6.45) is -8.08. The number of nitrogens with one attached hydrogen (secondary N) is 1. The van der Waals surface area contributed by atoms with E-state index in [-0.39, 0.29) is 10.8 Å². The number of halogens is 1. The lowest BCUT2D eigenvalue weighted by atomic mass is 9.98. The van der Waals surface area contributed by atoms with E-state index < -0.39 is 88.8 Å². The number of aromatic amines is 1. The summed E-state index contributed by atoms with van der Waals surface area (Å²) in [7, 11) is 0. The number of ether oxygens (including phenoxy) is 6. The first-order valence-corrected chi connectivity index (χ1v) is 12.4. The number of nitrogens with zero attached hydrogens (tertiary/aromatic N) is 3. The number of tetrazole rings is 1. The van der Waals surface area contributed by atoms with Crippen LogP contribution in [0.4, 0.5) is 0 Å². The number of hydrogen-bond donors (Lipinski definition) is 1. The summed E-state index contributed by atoms with van der Waals surface area (Å²) < 4.78 is 62.2. The average molecular weight is 607 g/mol. The van der Waals surface area contributed by atoms with E-state index in [1.807, 2.05) is 12.1 Å². The Kier molecular flexibility index (Phi) is 8.03. The molecule has 1 saturated heterocycles. The highest BCUT2D eigenvalue weighted by Gasteiger charge is 2.53. The monoisotopic (exact) mass is 606 g/mol. The van der Waals surface area contributed by atoms with E-state index in [0.29, 0.717) is 11.4 Å². The van der Waals surface area contributed by atoms with Crippen molar-refractivity contribution >= 4 is 35.5 Å². The maximum absolute atomic E-state index is 12.3. The Bertz CT molecular complexity index is 1520. The molecule has 0 amide bonds. The van der Waals surface area contributed by atoms with E-state index in [4.69, 9.17) is 45.5 Å². The first-order valence-electron chi connectivity index (χ1n) is 14.9. The van der Waals surface area contributed by atoms with E-state index in [1.165, 1.54) is 6.07 Å². The quantitative estimate of drug-likeness (QED) is 0.278. The molecule has 0 spiro atoms. The number of rotatable bonds is 9. The van der Waals surface area contributed by atoms with Gasteiger partial charge in [0.2, 0.25) is 18.2 Å². The molecule has 2 aromatic carbocycles. The van der Waals surface area contributed by atoms with Gasteiger partial charge in [0.15, 0.2) is 12.2 Å². The predicted octanol–water partition coefficient (Wildman–Crippen LogP) is 2.65. The van der Waals surface area contributed by atoms with Crippen molar-refractivity contribution < 1.29 is 53.1 Å². The van der Waals surface area contributed by atoms with Crippen molar-refractivity contribution in [3.05, 3.63) is 47.5 Å². The zero-order valence-corrected chi connectivity index (χ0v) is 22.5. The Morgan fingerprint density at radius 1 is 0.857 bits per heavy atom. The molecule has 15 heteroatoms. The Morgan fingerprint density at radius 2 is 1.48 bits per heavy atom. The van der Waals surface area contributed by atoms with E-state index in [2.05, 4.69) is 20.6 Å². The molecule has 3 aromatic rings. The van der Waals surface area contributed by atoms with Crippen molar-refractivity contribution in [1.82, 2.24) is 20.6 Å². The molecule has 14 nitrogen and oxygen atoms in total. The van der Waals surface area contributed by atoms with Crippen LogP contribution in [0.15, 0.2) is 42.5 Å². The molecule has 0 saturated carbocycles. The third kappa shape index (κ3) is 7.59. The Balaban J connectivity index is 1.66. The van der Waals surface area contributed by atoms with Gasteiger partial charge in [-0.25, -0.2) is 0 Å². The maximum atomic E-state index is 12.3. The largest absolute Gasteiger partial charge is 0.463 e. The highest BCUT2D eigenvalue weighted by atomic mass is 35.5. The first kappa shape index (κ1) is 25.2. The fourth-order valence-electron chi connectivity index (χ4n) is 4.14. The average Bonchev–Trinajstić information content (AvgIpc) is 3.62. The number of carbonyl (C=O) groups is 4. The third-order valence-electron chi connectivity index (χ3n) is 5.80. The summed E-state index contributed by atoms with van der Waals surface area (Å²) in [6, 6.07) is 11.9. The van der Waals surface area contributed by atoms with Crippen LogP contribution < -0.4 is 4.74 Å². The van der Waals surface area contributed by atoms with Gasteiger partial charge in [-0.05, 0) is 28.5 Å². The normalized spacial score (nSPS) is 22.8. The number of carbonyl (C=O) groups excluding carboxylic acids is 4. The number of H-pyrrole nitrogens is 1. The number of hydrogen-bond acceptors (Lipinski definition) is 13. The minimum absolute atomic E-state index is 0.0137. The molecule has 1 aliphatic rings. The van der Waals surface area contributed by atoms with E-state index in [0.717, 1.165) is 11.1 Å². The molecule has 222 valence electrons. The van der Waals surface area contributed by atoms with Gasteiger partial charge < -0.3 is 28.4 Å². The van der Waals surface area contributed by atoms with Crippen molar-refractivity contribution in [2.45, 2.75) is 58.3 Å². The van der Waals surface area contributed by atoms with Crippen LogP contribution in [0.25, 0.3) is 22.5 Å². The number of aromatic nitrogens is 4. The van der Waals surface area contributed by atoms with Crippen molar-refractivity contribution in [2.24, 2.45) is 0 Å². The highest BCUT2D eigenvalue weighted by Crippen LogP contribution is 2.35. The summed E-state index contributed by atoms with van der Waals surface area (Å²) in [6.45, 7) is -3.96. The molecule has 1 fully saturated rings. The summed E-state index contributed by atoms with van der Waals surface area (Å²) in [5, 5.41) is 13.9. The number of benzene rings is 2. The van der Waals surface area contributed by atoms with Gasteiger partial charge in [0.05, 0.1) is 5.02 Å². The molecule has 1 unspecified atom stereocenters. The van der Waals surface area contributed by atoms with Crippen molar-refractivity contribution in [3.63, 3.8) is 0 Å². The minimum atomic E-state index is -1.70. The smallest absolute Gasteiger partial charge is 0.303 e. The van der Waals surface area contributed by atoms with Crippen LogP contribution in [0.3, 0.4) is 0 Å². The summed E-state index contributed by atoms with van der Waals surface area (Å²) >= 11 is 6.57. The van der Waals surface area contributed by atoms with Crippen molar-refractivity contribution in [3.8, 4) is 28.3 Å². The van der Waals surface area contributed by atoms with Gasteiger partial charge in [-0.15, -0.1) is 10.2 Å². The van der Waals surface area contributed by atoms with Crippen LogP contribution >= 0.6 is 11.6 Å². The van der Waals surface area contributed by atoms with Gasteiger partial charge in [-0.3, -0.25) is 19.2 Å². The van der Waals surface area contributed by atoms with Crippen molar-refractivity contribution in [2.75, 3.05) is 6.61 Å². The minimum Gasteiger partial charge on any atom is -0.463 e. The van der Waals surface area contributed by atoms with Gasteiger partial charge in [0, 0.05) is 38.6 Å². The molecule has 5 atom stereocenters. The van der Waals surface area contributed by atoms with Gasteiger partial charge in [-0.1, -0.05) is 41.9 Å². The van der Waals surface area contributed by atoms with E-state index in [9.17, 15) is 19.2 Å². The number of esters is 4. The molecule has 1 N–H and O–H groups in total. The van der Waals surface area contributed by atoms with Crippen LogP contribution in [-0.2, 0) is 42.9 Å². The molecular formula is C27H27ClN4O10. The molecule has 1 aromatic heterocycles. The zero-order chi connectivity index (χ0) is 33.2. The molecule has 0 bridgehead atoms. The fourth-order valence-corrected chi connectivity index (χ4v) is 4.36. The lowest BCUT2D eigenvalue weighted by Crippen LogP contribution is -2.63. The summed E-state index contributed by atoms with van der Waals surface area (Å²) in [4.78, 5) is 48.5. The molecule has 2 heterocycles. The lowest BCUT2D eigenvalue weighted by Gasteiger charge is -2.44. The van der Waals surface area contributed by atoms with Crippen LogP contribution in [0.5, 0.6) is 5.75 Å². The predicted molar refractivity (Wildman–Crippen MR) is 143 cm³/mol. The van der Waals surface area contributed by atoms with Crippen LogP contribution in [0.2, 0.25) is 5.02 Å². The standard InChI is InChI=1S/C27H27ClN4O10/c1-13(33)37-12-22-23(38-14(2)34)24(39-15(3)35)25(40-16(4)36)27(42-22)41-21-10-9-19(11-20(21)28)17-5-7-18(8-6-17)26-29-31-32-30-26/h5-11,22-25,27H,12H2,1-4H3,(H,29,30,31,32)/t22-,23-,24+,25+,27?/m1/s1/i1D,2D,3D,4D. The van der Waals surface area contributed by atoms with Crippen LogP contribution in [0, 0.1) is 0 Å². The van der Waals surface area contributed by atoms with E-state index >= 15 is 0 Å².